The largest absolute Gasteiger partial charge is 0.465 e. The maximum Gasteiger partial charge on any atom is 0.408 e. The number of hydrogen-bond donors (Lipinski definition) is 3. The molecule has 0 saturated carbocycles. The molecule has 0 saturated heterocycles. The first-order valence-electron chi connectivity index (χ1n) is 2.54. The van der Waals surface area contributed by atoms with Gasteiger partial charge in [-0.15, -0.1) is 0 Å². The zero-order valence-corrected chi connectivity index (χ0v) is 5.42. The number of carboxylic acid groups (broad SMARTS) is 1. The average molecular weight is 144 g/mol. The van der Waals surface area contributed by atoms with Gasteiger partial charge >= 0.3 is 6.09 Å². The van der Waals surface area contributed by atoms with E-state index in [1.807, 2.05) is 5.32 Å². The summed E-state index contributed by atoms with van der Waals surface area (Å²) < 4.78 is 0. The molecule has 2 amide bonds. The van der Waals surface area contributed by atoms with Crippen LogP contribution in [0.15, 0.2) is 12.3 Å². The van der Waals surface area contributed by atoms with Gasteiger partial charge in [0.2, 0.25) is 5.91 Å². The second-order valence-corrected chi connectivity index (χ2v) is 1.40. The summed E-state index contributed by atoms with van der Waals surface area (Å²) in [5.41, 5.74) is 0. The van der Waals surface area contributed by atoms with Crippen molar-refractivity contribution in [2.24, 2.45) is 0 Å². The van der Waals surface area contributed by atoms with Crippen LogP contribution in [0.3, 0.4) is 0 Å². The molecule has 0 aromatic heterocycles. The number of carbonyl (C=O) groups is 2. The fourth-order valence-corrected chi connectivity index (χ4v) is 0.272. The Kier molecular flexibility index (Phi) is 3.70. The summed E-state index contributed by atoms with van der Waals surface area (Å²) in [4.78, 5) is 20.1. The number of rotatable bonds is 2. The molecule has 0 bridgehead atoms. The number of amides is 2. The van der Waals surface area contributed by atoms with Gasteiger partial charge in [0.1, 0.15) is 0 Å². The Bertz CT molecular complexity index is 164. The first-order valence-corrected chi connectivity index (χ1v) is 2.54. The van der Waals surface area contributed by atoms with E-state index in [9.17, 15) is 9.59 Å². The van der Waals surface area contributed by atoms with Gasteiger partial charge in [0, 0.05) is 19.3 Å². The summed E-state index contributed by atoms with van der Waals surface area (Å²) in [6.07, 6.45) is 0.926. The predicted octanol–water partition coefficient (Wildman–Crippen LogP) is -0.486. The van der Waals surface area contributed by atoms with Crippen molar-refractivity contribution >= 4 is 12.0 Å². The minimum absolute atomic E-state index is 0.353. The lowest BCUT2D eigenvalue weighted by molar-refractivity contribution is -0.116. The van der Waals surface area contributed by atoms with Crippen molar-refractivity contribution in [3.63, 3.8) is 0 Å². The second kappa shape index (κ2) is 4.37. The maximum absolute atomic E-state index is 10.4. The predicted molar refractivity (Wildman–Crippen MR) is 34.4 cm³/mol. The minimum Gasteiger partial charge on any atom is -0.465 e. The molecule has 5 nitrogen and oxygen atoms in total. The van der Waals surface area contributed by atoms with E-state index in [2.05, 4.69) is 5.32 Å². The van der Waals surface area contributed by atoms with Crippen LogP contribution in [0.1, 0.15) is 0 Å². The van der Waals surface area contributed by atoms with Gasteiger partial charge in [-0.2, -0.15) is 0 Å². The Hall–Kier alpha value is -1.52. The van der Waals surface area contributed by atoms with Crippen molar-refractivity contribution < 1.29 is 14.7 Å². The summed E-state index contributed by atoms with van der Waals surface area (Å²) >= 11 is 0. The van der Waals surface area contributed by atoms with E-state index in [4.69, 9.17) is 5.11 Å². The molecule has 5 heteroatoms. The van der Waals surface area contributed by atoms with E-state index in [0.717, 1.165) is 12.3 Å². The van der Waals surface area contributed by atoms with Crippen molar-refractivity contribution in [1.29, 1.82) is 0 Å². The van der Waals surface area contributed by atoms with Crippen LogP contribution >= 0.6 is 0 Å². The van der Waals surface area contributed by atoms with Gasteiger partial charge in [0.15, 0.2) is 0 Å². The highest BCUT2D eigenvalue weighted by molar-refractivity contribution is 5.87. The van der Waals surface area contributed by atoms with E-state index in [1.165, 1.54) is 7.05 Å². The molecular weight excluding hydrogens is 136 g/mol. The standard InChI is InChI=1S/C5H8N2O3/c1-6-4(8)2-3-7-5(9)10/h2-3,7H,1H3,(H,6,8)(H,9,10)/b3-2-. The van der Waals surface area contributed by atoms with Gasteiger partial charge in [-0.25, -0.2) is 4.79 Å². The van der Waals surface area contributed by atoms with Crippen LogP contribution in [0.5, 0.6) is 0 Å². The SMILES string of the molecule is CNC(=O)/C=C\NC(=O)O. The molecule has 0 atom stereocenters. The molecule has 3 N–H and O–H groups in total. The van der Waals surface area contributed by atoms with Crippen molar-refractivity contribution in [3.05, 3.63) is 12.3 Å². The summed E-state index contributed by atoms with van der Waals surface area (Å²) in [6.45, 7) is 0. The molecule has 0 radical (unpaired) electrons. The minimum atomic E-state index is -1.19. The third kappa shape index (κ3) is 4.63. The Morgan fingerprint density at radius 1 is 1.50 bits per heavy atom. The number of likely N-dealkylation sites (N-methyl/N-ethyl adjacent to an activating group) is 1. The van der Waals surface area contributed by atoms with Crippen LogP contribution in [0.2, 0.25) is 0 Å². The monoisotopic (exact) mass is 144 g/mol. The molecule has 0 aliphatic heterocycles. The molecular formula is C5H8N2O3. The van der Waals surface area contributed by atoms with Gasteiger partial charge in [-0.3, -0.25) is 10.1 Å². The van der Waals surface area contributed by atoms with E-state index < -0.39 is 6.09 Å². The lowest BCUT2D eigenvalue weighted by atomic mass is 10.6. The average Bonchev–Trinajstić information content (AvgIpc) is 1.87. The summed E-state index contributed by atoms with van der Waals surface area (Å²) in [6, 6.07) is 0. The van der Waals surface area contributed by atoms with Crippen LogP contribution in [0, 0.1) is 0 Å². The topological polar surface area (TPSA) is 78.4 Å². The molecule has 0 aliphatic carbocycles. The summed E-state index contributed by atoms with van der Waals surface area (Å²) in [5.74, 6) is -0.353. The zero-order valence-electron chi connectivity index (χ0n) is 5.42. The fraction of sp³-hybridized carbons (Fsp3) is 0.200. The highest BCUT2D eigenvalue weighted by Gasteiger charge is 1.88. The van der Waals surface area contributed by atoms with Gasteiger partial charge in [0.25, 0.3) is 0 Å². The van der Waals surface area contributed by atoms with E-state index >= 15 is 0 Å². The normalized spacial score (nSPS) is 9.30. The van der Waals surface area contributed by atoms with Crippen LogP contribution in [0.4, 0.5) is 4.79 Å². The maximum atomic E-state index is 10.4. The number of hydrogen-bond acceptors (Lipinski definition) is 2. The Morgan fingerprint density at radius 3 is 2.50 bits per heavy atom. The molecule has 0 heterocycles. The lowest BCUT2D eigenvalue weighted by Crippen LogP contribution is -2.18. The van der Waals surface area contributed by atoms with Crippen LogP contribution in [-0.4, -0.2) is 24.2 Å². The fourth-order valence-electron chi connectivity index (χ4n) is 0.272. The van der Waals surface area contributed by atoms with E-state index in [1.54, 1.807) is 0 Å². The van der Waals surface area contributed by atoms with Crippen LogP contribution in [0.25, 0.3) is 0 Å². The summed E-state index contributed by atoms with van der Waals surface area (Å²) in [5, 5.41) is 12.2. The Labute approximate surface area is 57.7 Å². The Balaban J connectivity index is 3.56. The van der Waals surface area contributed by atoms with Crippen molar-refractivity contribution in [2.45, 2.75) is 0 Å². The van der Waals surface area contributed by atoms with E-state index in [-0.39, 0.29) is 5.91 Å². The van der Waals surface area contributed by atoms with E-state index in [0.29, 0.717) is 0 Å². The highest BCUT2D eigenvalue weighted by Crippen LogP contribution is 1.67. The summed E-state index contributed by atoms with van der Waals surface area (Å²) in [7, 11) is 1.45. The number of carbonyl (C=O) groups excluding carboxylic acids is 1. The van der Waals surface area contributed by atoms with Crippen molar-refractivity contribution in [3.8, 4) is 0 Å². The van der Waals surface area contributed by atoms with Crippen LogP contribution in [-0.2, 0) is 4.79 Å². The molecule has 0 unspecified atom stereocenters. The molecule has 10 heavy (non-hydrogen) atoms. The van der Waals surface area contributed by atoms with Crippen LogP contribution < -0.4 is 10.6 Å². The molecule has 0 spiro atoms. The quantitative estimate of drug-likeness (QED) is 0.458. The molecule has 0 aromatic carbocycles. The second-order valence-electron chi connectivity index (χ2n) is 1.40. The smallest absolute Gasteiger partial charge is 0.408 e. The third-order valence-corrected chi connectivity index (χ3v) is 0.688. The van der Waals surface area contributed by atoms with Gasteiger partial charge < -0.3 is 10.4 Å². The Morgan fingerprint density at radius 2 is 2.10 bits per heavy atom. The molecule has 0 fully saturated rings. The first kappa shape index (κ1) is 8.48. The highest BCUT2D eigenvalue weighted by atomic mass is 16.4. The van der Waals surface area contributed by atoms with Gasteiger partial charge in [0.05, 0.1) is 0 Å². The van der Waals surface area contributed by atoms with Gasteiger partial charge in [-0.05, 0) is 0 Å². The molecule has 0 aliphatic rings. The molecule has 0 rings (SSSR count). The van der Waals surface area contributed by atoms with Gasteiger partial charge in [-0.1, -0.05) is 0 Å². The number of nitrogens with one attached hydrogen (secondary N) is 2. The zero-order chi connectivity index (χ0) is 7.98. The third-order valence-electron chi connectivity index (χ3n) is 0.688. The lowest BCUT2D eigenvalue weighted by Gasteiger charge is -1.89. The van der Waals surface area contributed by atoms with Crippen molar-refractivity contribution in [1.82, 2.24) is 10.6 Å². The van der Waals surface area contributed by atoms with Crippen molar-refractivity contribution in [2.75, 3.05) is 7.05 Å². The molecule has 56 valence electrons. The first-order chi connectivity index (χ1) is 4.66. The molecule has 0 aromatic rings.